The van der Waals surface area contributed by atoms with Crippen molar-refractivity contribution in [3.8, 4) is 0 Å². The molecule has 0 N–H and O–H groups in total. The number of carbonyl (C=O) groups excluding carboxylic acids is 1. The fourth-order valence-corrected chi connectivity index (χ4v) is 4.02. The molecule has 24 heavy (non-hydrogen) atoms. The van der Waals surface area contributed by atoms with Gasteiger partial charge in [0.25, 0.3) is 5.56 Å². The molecule has 3 rings (SSSR count). The van der Waals surface area contributed by atoms with Gasteiger partial charge in [-0.3, -0.25) is 9.59 Å². The van der Waals surface area contributed by atoms with E-state index in [0.717, 1.165) is 35.8 Å². The summed E-state index contributed by atoms with van der Waals surface area (Å²) in [6.07, 6.45) is 2.02. The maximum Gasteiger partial charge on any atom is 0.267 e. The van der Waals surface area contributed by atoms with Crippen LogP contribution in [0, 0.1) is 20.8 Å². The molecule has 0 radical (unpaired) electrons. The Morgan fingerprint density at radius 2 is 2.12 bits per heavy atom. The molecule has 1 fully saturated rings. The standard InChI is InChI=1S/C17H22N4O2S/c1-11-6-7-15(22)21(19-11)10-16(23)20-8-4-5-14(9-20)17-18-12(2)13(3)24-17/h6-7,14H,4-5,8-10H2,1-3H3/t14-/m1/s1. The monoisotopic (exact) mass is 346 g/mol. The highest BCUT2D eigenvalue weighted by molar-refractivity contribution is 7.11. The van der Waals surface area contributed by atoms with Gasteiger partial charge in [-0.1, -0.05) is 0 Å². The van der Waals surface area contributed by atoms with Crippen LogP contribution < -0.4 is 5.56 Å². The number of nitrogens with zero attached hydrogens (tertiary/aromatic N) is 4. The van der Waals surface area contributed by atoms with Crippen molar-refractivity contribution in [2.75, 3.05) is 13.1 Å². The molecule has 0 aliphatic carbocycles. The normalized spacial score (nSPS) is 18.0. The molecule has 2 aromatic rings. The maximum absolute atomic E-state index is 12.6. The molecule has 2 aromatic heterocycles. The predicted molar refractivity (Wildman–Crippen MR) is 93.4 cm³/mol. The fraction of sp³-hybridized carbons (Fsp3) is 0.529. The van der Waals surface area contributed by atoms with Gasteiger partial charge >= 0.3 is 0 Å². The molecule has 1 atom stereocenters. The predicted octanol–water partition coefficient (Wildman–Crippen LogP) is 2.03. The first-order valence-electron chi connectivity index (χ1n) is 8.20. The van der Waals surface area contributed by atoms with Crippen molar-refractivity contribution in [3.63, 3.8) is 0 Å². The first-order chi connectivity index (χ1) is 11.4. The summed E-state index contributed by atoms with van der Waals surface area (Å²) in [5, 5.41) is 5.26. The number of thiazole rings is 1. The Hall–Kier alpha value is -2.02. The first-order valence-corrected chi connectivity index (χ1v) is 9.02. The Balaban J connectivity index is 1.71. The van der Waals surface area contributed by atoms with E-state index in [4.69, 9.17) is 0 Å². The smallest absolute Gasteiger partial charge is 0.267 e. The molecule has 3 heterocycles. The largest absolute Gasteiger partial charge is 0.340 e. The molecule has 6 nitrogen and oxygen atoms in total. The van der Waals surface area contributed by atoms with Gasteiger partial charge in [0.15, 0.2) is 0 Å². The average molecular weight is 346 g/mol. The summed E-state index contributed by atoms with van der Waals surface area (Å²) < 4.78 is 1.25. The molecule has 0 unspecified atom stereocenters. The van der Waals surface area contributed by atoms with Crippen molar-refractivity contribution in [2.24, 2.45) is 0 Å². The van der Waals surface area contributed by atoms with Gasteiger partial charge in [-0.2, -0.15) is 5.10 Å². The average Bonchev–Trinajstić information content (AvgIpc) is 2.90. The van der Waals surface area contributed by atoms with Crippen LogP contribution in [-0.2, 0) is 11.3 Å². The van der Waals surface area contributed by atoms with Gasteiger partial charge in [-0.15, -0.1) is 11.3 Å². The van der Waals surface area contributed by atoms with Crippen LogP contribution in [0.4, 0.5) is 0 Å². The number of rotatable bonds is 3. The third kappa shape index (κ3) is 3.56. The number of piperidine rings is 1. The SMILES string of the molecule is Cc1ccc(=O)n(CC(=O)N2CCC[C@@H](c3nc(C)c(C)s3)C2)n1. The summed E-state index contributed by atoms with van der Waals surface area (Å²) in [6, 6.07) is 3.11. The third-order valence-corrected chi connectivity index (χ3v) is 5.69. The molecular formula is C17H22N4O2S. The van der Waals surface area contributed by atoms with Crippen LogP contribution in [0.5, 0.6) is 0 Å². The van der Waals surface area contributed by atoms with E-state index < -0.39 is 0 Å². The summed E-state index contributed by atoms with van der Waals surface area (Å²) in [4.78, 5) is 32.2. The van der Waals surface area contributed by atoms with E-state index in [1.165, 1.54) is 15.6 Å². The van der Waals surface area contributed by atoms with E-state index in [1.807, 2.05) is 18.7 Å². The lowest BCUT2D eigenvalue weighted by Gasteiger charge is -2.31. The minimum Gasteiger partial charge on any atom is -0.340 e. The second-order valence-electron chi connectivity index (χ2n) is 6.34. The molecular weight excluding hydrogens is 324 g/mol. The van der Waals surface area contributed by atoms with Gasteiger partial charge in [0.05, 0.1) is 16.4 Å². The second kappa shape index (κ2) is 6.84. The minimum absolute atomic E-state index is 0.00313. The lowest BCUT2D eigenvalue weighted by atomic mass is 9.98. The van der Waals surface area contributed by atoms with Crippen LogP contribution in [0.2, 0.25) is 0 Å². The molecule has 1 amide bonds. The third-order valence-electron chi connectivity index (χ3n) is 4.45. The number of likely N-dealkylation sites (tertiary alicyclic amines) is 1. The van der Waals surface area contributed by atoms with Gasteiger partial charge < -0.3 is 4.90 Å². The Morgan fingerprint density at radius 1 is 1.33 bits per heavy atom. The molecule has 7 heteroatoms. The molecule has 1 aliphatic heterocycles. The molecule has 0 aromatic carbocycles. The molecule has 128 valence electrons. The van der Waals surface area contributed by atoms with Crippen molar-refractivity contribution < 1.29 is 4.79 Å². The highest BCUT2D eigenvalue weighted by Crippen LogP contribution is 2.31. The zero-order valence-corrected chi connectivity index (χ0v) is 15.1. The summed E-state index contributed by atoms with van der Waals surface area (Å²) in [5.41, 5.74) is 1.57. The maximum atomic E-state index is 12.6. The highest BCUT2D eigenvalue weighted by Gasteiger charge is 2.27. The number of aromatic nitrogens is 3. The zero-order chi connectivity index (χ0) is 17.3. The quantitative estimate of drug-likeness (QED) is 0.853. The Bertz CT molecular complexity index is 792. The second-order valence-corrected chi connectivity index (χ2v) is 7.58. The van der Waals surface area contributed by atoms with E-state index >= 15 is 0 Å². The van der Waals surface area contributed by atoms with Crippen LogP contribution in [0.1, 0.15) is 40.0 Å². The van der Waals surface area contributed by atoms with Gasteiger partial charge in [-0.25, -0.2) is 9.67 Å². The molecule has 0 bridgehead atoms. The Morgan fingerprint density at radius 3 is 2.83 bits per heavy atom. The fourth-order valence-electron chi connectivity index (χ4n) is 2.97. The minimum atomic E-state index is -0.242. The van der Waals surface area contributed by atoms with E-state index in [1.54, 1.807) is 17.4 Å². The van der Waals surface area contributed by atoms with Crippen LogP contribution in [0.3, 0.4) is 0 Å². The number of aryl methyl sites for hydroxylation is 3. The van der Waals surface area contributed by atoms with Gasteiger partial charge in [0, 0.05) is 30.0 Å². The van der Waals surface area contributed by atoms with Crippen LogP contribution in [0.15, 0.2) is 16.9 Å². The van der Waals surface area contributed by atoms with Gasteiger partial charge in [0.1, 0.15) is 6.54 Å². The Kier molecular flexibility index (Phi) is 4.80. The van der Waals surface area contributed by atoms with Crippen molar-refractivity contribution >= 4 is 17.2 Å². The van der Waals surface area contributed by atoms with Crippen LogP contribution in [0.25, 0.3) is 0 Å². The summed E-state index contributed by atoms with van der Waals surface area (Å²) >= 11 is 1.73. The summed E-state index contributed by atoms with van der Waals surface area (Å²) in [5.74, 6) is 0.243. The molecule has 1 saturated heterocycles. The van der Waals surface area contributed by atoms with Gasteiger partial charge in [-0.05, 0) is 39.7 Å². The van der Waals surface area contributed by atoms with Crippen LogP contribution in [-0.4, -0.2) is 38.7 Å². The summed E-state index contributed by atoms with van der Waals surface area (Å²) in [6.45, 7) is 7.33. The van der Waals surface area contributed by atoms with E-state index in [9.17, 15) is 9.59 Å². The number of amides is 1. The first kappa shape index (κ1) is 16.8. The summed E-state index contributed by atoms with van der Waals surface area (Å²) in [7, 11) is 0. The van der Waals surface area contributed by atoms with Crippen molar-refractivity contribution in [3.05, 3.63) is 43.8 Å². The molecule has 0 spiro atoms. The number of hydrogen-bond acceptors (Lipinski definition) is 5. The van der Waals surface area contributed by atoms with E-state index in [2.05, 4.69) is 17.0 Å². The van der Waals surface area contributed by atoms with E-state index in [0.29, 0.717) is 12.5 Å². The molecule has 1 aliphatic rings. The number of hydrogen-bond donors (Lipinski definition) is 0. The highest BCUT2D eigenvalue weighted by atomic mass is 32.1. The Labute approximate surface area is 145 Å². The van der Waals surface area contributed by atoms with Crippen LogP contribution >= 0.6 is 11.3 Å². The van der Waals surface area contributed by atoms with Crippen molar-refractivity contribution in [1.29, 1.82) is 0 Å². The zero-order valence-electron chi connectivity index (χ0n) is 14.3. The van der Waals surface area contributed by atoms with Gasteiger partial charge in [0.2, 0.25) is 5.91 Å². The van der Waals surface area contributed by atoms with E-state index in [-0.39, 0.29) is 18.0 Å². The van der Waals surface area contributed by atoms with Crippen molar-refractivity contribution in [1.82, 2.24) is 19.7 Å². The van der Waals surface area contributed by atoms with Crippen molar-refractivity contribution in [2.45, 2.75) is 46.1 Å². The topological polar surface area (TPSA) is 68.1 Å². The molecule has 0 saturated carbocycles. The lowest BCUT2D eigenvalue weighted by molar-refractivity contribution is -0.133. The lowest BCUT2D eigenvalue weighted by Crippen LogP contribution is -2.42. The number of carbonyl (C=O) groups is 1.